The number of pyridine rings is 1. The normalized spacial score (nSPS) is 12.0. The van der Waals surface area contributed by atoms with Gasteiger partial charge in [0, 0.05) is 23.8 Å². The average molecular weight is 261 g/mol. The number of halogens is 3. The Morgan fingerprint density at radius 2 is 1.94 bits per heavy atom. The Labute approximate surface area is 105 Å². The molecule has 0 bridgehead atoms. The fraction of sp³-hybridized carbons (Fsp3) is 0.583. The SMILES string of the molecule is Cc1ccc(CN)c(N(CC(F)(F)F)C(C)C)n1. The van der Waals surface area contributed by atoms with Gasteiger partial charge in [0.25, 0.3) is 0 Å². The van der Waals surface area contributed by atoms with Crippen molar-refractivity contribution < 1.29 is 13.2 Å². The summed E-state index contributed by atoms with van der Waals surface area (Å²) in [7, 11) is 0. The quantitative estimate of drug-likeness (QED) is 0.906. The van der Waals surface area contributed by atoms with Gasteiger partial charge in [0.1, 0.15) is 12.4 Å². The third-order valence-electron chi connectivity index (χ3n) is 2.56. The van der Waals surface area contributed by atoms with Crippen LogP contribution in [0.3, 0.4) is 0 Å². The van der Waals surface area contributed by atoms with Crippen LogP contribution in [0.1, 0.15) is 25.1 Å². The van der Waals surface area contributed by atoms with Crippen LogP contribution in [0.4, 0.5) is 19.0 Å². The lowest BCUT2D eigenvalue weighted by Gasteiger charge is -2.30. The van der Waals surface area contributed by atoms with Crippen molar-refractivity contribution in [1.82, 2.24) is 4.98 Å². The van der Waals surface area contributed by atoms with Gasteiger partial charge in [-0.1, -0.05) is 6.07 Å². The Kier molecular flexibility index (Phi) is 4.56. The first-order chi connectivity index (χ1) is 8.24. The predicted octanol–water partition coefficient (Wildman–Crippen LogP) is 2.63. The monoisotopic (exact) mass is 261 g/mol. The van der Waals surface area contributed by atoms with Crippen LogP contribution in [0, 0.1) is 6.92 Å². The molecule has 0 aliphatic heterocycles. The molecule has 102 valence electrons. The largest absolute Gasteiger partial charge is 0.405 e. The summed E-state index contributed by atoms with van der Waals surface area (Å²) in [4.78, 5) is 5.43. The van der Waals surface area contributed by atoms with E-state index in [-0.39, 0.29) is 12.6 Å². The van der Waals surface area contributed by atoms with Crippen molar-refractivity contribution in [3.05, 3.63) is 23.4 Å². The number of alkyl halides is 3. The van der Waals surface area contributed by atoms with Crippen molar-refractivity contribution in [1.29, 1.82) is 0 Å². The first kappa shape index (κ1) is 14.8. The molecule has 1 aromatic heterocycles. The lowest BCUT2D eigenvalue weighted by molar-refractivity contribution is -0.120. The zero-order chi connectivity index (χ0) is 13.9. The zero-order valence-electron chi connectivity index (χ0n) is 10.8. The molecule has 0 spiro atoms. The van der Waals surface area contributed by atoms with Gasteiger partial charge in [-0.2, -0.15) is 13.2 Å². The van der Waals surface area contributed by atoms with Gasteiger partial charge in [0.05, 0.1) is 0 Å². The van der Waals surface area contributed by atoms with Crippen LogP contribution in [-0.4, -0.2) is 23.7 Å². The summed E-state index contributed by atoms with van der Waals surface area (Å²) in [5, 5.41) is 0. The molecule has 0 saturated carbocycles. The first-order valence-corrected chi connectivity index (χ1v) is 5.74. The molecular formula is C12H18F3N3. The molecule has 0 unspecified atom stereocenters. The van der Waals surface area contributed by atoms with E-state index in [2.05, 4.69) is 4.98 Å². The van der Waals surface area contributed by atoms with Gasteiger partial charge in [-0.25, -0.2) is 4.98 Å². The van der Waals surface area contributed by atoms with Gasteiger partial charge in [-0.3, -0.25) is 0 Å². The molecule has 1 aromatic rings. The lowest BCUT2D eigenvalue weighted by Crippen LogP contribution is -2.40. The third-order valence-corrected chi connectivity index (χ3v) is 2.56. The molecule has 1 rings (SSSR count). The van der Waals surface area contributed by atoms with E-state index < -0.39 is 12.7 Å². The maximum Gasteiger partial charge on any atom is 0.405 e. The summed E-state index contributed by atoms with van der Waals surface area (Å²) in [5.41, 5.74) is 6.85. The van der Waals surface area contributed by atoms with Crippen LogP contribution in [-0.2, 0) is 6.54 Å². The number of nitrogens with two attached hydrogens (primary N) is 1. The number of nitrogens with zero attached hydrogens (tertiary/aromatic N) is 2. The van der Waals surface area contributed by atoms with Crippen molar-refractivity contribution in [2.75, 3.05) is 11.4 Å². The molecule has 0 saturated heterocycles. The van der Waals surface area contributed by atoms with E-state index in [0.717, 1.165) is 0 Å². The fourth-order valence-corrected chi connectivity index (χ4v) is 1.68. The Morgan fingerprint density at radius 3 is 2.39 bits per heavy atom. The van der Waals surface area contributed by atoms with E-state index in [0.29, 0.717) is 17.1 Å². The fourth-order valence-electron chi connectivity index (χ4n) is 1.68. The molecule has 0 aromatic carbocycles. The van der Waals surface area contributed by atoms with Gasteiger partial charge >= 0.3 is 6.18 Å². The summed E-state index contributed by atoms with van der Waals surface area (Å²) < 4.78 is 37.8. The minimum atomic E-state index is -4.26. The number of anilines is 1. The molecule has 0 atom stereocenters. The zero-order valence-corrected chi connectivity index (χ0v) is 10.8. The molecule has 0 aliphatic carbocycles. The molecule has 18 heavy (non-hydrogen) atoms. The highest BCUT2D eigenvalue weighted by molar-refractivity contribution is 5.48. The van der Waals surface area contributed by atoms with Crippen molar-refractivity contribution in [3.8, 4) is 0 Å². The van der Waals surface area contributed by atoms with Gasteiger partial charge in [0.15, 0.2) is 0 Å². The molecule has 0 amide bonds. The average Bonchev–Trinajstić information content (AvgIpc) is 2.24. The van der Waals surface area contributed by atoms with Crippen molar-refractivity contribution >= 4 is 5.82 Å². The molecule has 0 radical (unpaired) electrons. The van der Waals surface area contributed by atoms with Gasteiger partial charge in [-0.15, -0.1) is 0 Å². The Hall–Kier alpha value is -1.30. The summed E-state index contributed by atoms with van der Waals surface area (Å²) in [6.07, 6.45) is -4.26. The highest BCUT2D eigenvalue weighted by Gasteiger charge is 2.33. The minimum absolute atomic E-state index is 0.170. The Balaban J connectivity index is 3.16. The Morgan fingerprint density at radius 1 is 1.33 bits per heavy atom. The number of hydrogen-bond donors (Lipinski definition) is 1. The maximum absolute atomic E-state index is 12.6. The van der Waals surface area contributed by atoms with E-state index in [1.54, 1.807) is 32.9 Å². The van der Waals surface area contributed by atoms with Gasteiger partial charge in [0.2, 0.25) is 0 Å². The van der Waals surface area contributed by atoms with Crippen molar-refractivity contribution in [3.63, 3.8) is 0 Å². The van der Waals surface area contributed by atoms with Crippen LogP contribution in [0.15, 0.2) is 12.1 Å². The number of rotatable bonds is 4. The molecule has 1 heterocycles. The second kappa shape index (κ2) is 5.56. The highest BCUT2D eigenvalue weighted by atomic mass is 19.4. The highest BCUT2D eigenvalue weighted by Crippen LogP contribution is 2.25. The number of hydrogen-bond acceptors (Lipinski definition) is 3. The van der Waals surface area contributed by atoms with Crippen molar-refractivity contribution in [2.45, 2.75) is 39.5 Å². The number of aryl methyl sites for hydroxylation is 1. The van der Waals surface area contributed by atoms with Crippen LogP contribution in [0.25, 0.3) is 0 Å². The molecule has 0 aliphatic rings. The molecular weight excluding hydrogens is 243 g/mol. The smallest absolute Gasteiger partial charge is 0.345 e. The van der Waals surface area contributed by atoms with E-state index in [1.165, 1.54) is 4.90 Å². The number of aromatic nitrogens is 1. The van der Waals surface area contributed by atoms with E-state index in [1.807, 2.05) is 0 Å². The standard InChI is InChI=1S/C12H18F3N3/c1-8(2)18(7-12(13,14)15)11-10(6-16)5-4-9(3)17-11/h4-5,8H,6-7,16H2,1-3H3. The molecule has 2 N–H and O–H groups in total. The van der Waals surface area contributed by atoms with E-state index in [4.69, 9.17) is 5.73 Å². The minimum Gasteiger partial charge on any atom is -0.345 e. The Bertz CT molecular complexity index is 402. The van der Waals surface area contributed by atoms with Crippen LogP contribution < -0.4 is 10.6 Å². The summed E-state index contributed by atoms with van der Waals surface area (Å²) in [6.45, 7) is 4.31. The molecule has 3 nitrogen and oxygen atoms in total. The second-order valence-corrected chi connectivity index (χ2v) is 4.48. The molecule has 0 fully saturated rings. The van der Waals surface area contributed by atoms with Crippen LogP contribution in [0.2, 0.25) is 0 Å². The summed E-state index contributed by atoms with van der Waals surface area (Å²) in [5.74, 6) is 0.324. The van der Waals surface area contributed by atoms with Crippen LogP contribution >= 0.6 is 0 Å². The second-order valence-electron chi connectivity index (χ2n) is 4.48. The third kappa shape index (κ3) is 3.87. The lowest BCUT2D eigenvalue weighted by atomic mass is 10.2. The van der Waals surface area contributed by atoms with Crippen LogP contribution in [0.5, 0.6) is 0 Å². The summed E-state index contributed by atoms with van der Waals surface area (Å²) >= 11 is 0. The predicted molar refractivity (Wildman–Crippen MR) is 65.4 cm³/mol. The van der Waals surface area contributed by atoms with Gasteiger partial charge < -0.3 is 10.6 Å². The maximum atomic E-state index is 12.6. The topological polar surface area (TPSA) is 42.1 Å². The van der Waals surface area contributed by atoms with Gasteiger partial charge in [-0.05, 0) is 26.8 Å². The summed E-state index contributed by atoms with van der Waals surface area (Å²) in [6, 6.07) is 3.17. The molecule has 6 heteroatoms. The van der Waals surface area contributed by atoms with E-state index in [9.17, 15) is 13.2 Å². The first-order valence-electron chi connectivity index (χ1n) is 5.74. The van der Waals surface area contributed by atoms with E-state index >= 15 is 0 Å². The van der Waals surface area contributed by atoms with Crippen molar-refractivity contribution in [2.24, 2.45) is 5.73 Å².